The first-order valence-corrected chi connectivity index (χ1v) is 4.97. The molecule has 0 aromatic heterocycles. The van der Waals surface area contributed by atoms with Crippen molar-refractivity contribution in [3.05, 3.63) is 29.8 Å². The second-order valence-corrected chi connectivity index (χ2v) is 3.07. The van der Waals surface area contributed by atoms with Crippen LogP contribution in [0.5, 0.6) is 0 Å². The Morgan fingerprint density at radius 2 is 2.19 bits per heavy atom. The average Bonchev–Trinajstić information content (AvgIpc) is 2.34. The summed E-state index contributed by atoms with van der Waals surface area (Å²) in [5.41, 5.74) is 2.92. The van der Waals surface area contributed by atoms with Crippen molar-refractivity contribution >= 4 is 18.0 Å². The molecule has 0 radical (unpaired) electrons. The highest BCUT2D eigenvalue weighted by molar-refractivity contribution is 5.89. The van der Waals surface area contributed by atoms with E-state index in [0.29, 0.717) is 17.9 Å². The minimum Gasteiger partial charge on any atom is -0.462 e. The topological polar surface area (TPSA) is 70.9 Å². The SMILES string of the molecule is CCCOC(=O)c1ccc(N=CNO)cc1. The van der Waals surface area contributed by atoms with Gasteiger partial charge >= 0.3 is 5.97 Å². The Labute approximate surface area is 93.7 Å². The molecule has 1 aromatic carbocycles. The number of carbonyl (C=O) groups is 1. The van der Waals surface area contributed by atoms with Crippen LogP contribution in [0, 0.1) is 0 Å². The first-order valence-electron chi connectivity index (χ1n) is 4.97. The number of aliphatic imine (C=N–C) groups is 1. The van der Waals surface area contributed by atoms with Gasteiger partial charge in [-0.25, -0.2) is 9.79 Å². The fraction of sp³-hybridized carbons (Fsp3) is 0.273. The lowest BCUT2D eigenvalue weighted by molar-refractivity contribution is 0.0505. The van der Waals surface area contributed by atoms with Gasteiger partial charge in [0.15, 0.2) is 0 Å². The highest BCUT2D eigenvalue weighted by Gasteiger charge is 2.05. The molecule has 0 aliphatic heterocycles. The van der Waals surface area contributed by atoms with E-state index >= 15 is 0 Å². The number of esters is 1. The number of nitrogens with one attached hydrogen (secondary N) is 1. The largest absolute Gasteiger partial charge is 0.462 e. The molecule has 0 atom stereocenters. The van der Waals surface area contributed by atoms with Crippen molar-refractivity contribution in [2.45, 2.75) is 13.3 Å². The van der Waals surface area contributed by atoms with Crippen LogP contribution in [-0.4, -0.2) is 24.1 Å². The fourth-order valence-corrected chi connectivity index (χ4v) is 1.07. The Balaban J connectivity index is 2.63. The quantitative estimate of drug-likeness (QED) is 0.345. The van der Waals surface area contributed by atoms with Gasteiger partial charge in [0.2, 0.25) is 0 Å². The van der Waals surface area contributed by atoms with Gasteiger partial charge in [0.05, 0.1) is 17.9 Å². The maximum absolute atomic E-state index is 11.4. The zero-order valence-electron chi connectivity index (χ0n) is 9.01. The zero-order valence-corrected chi connectivity index (χ0v) is 9.01. The van der Waals surface area contributed by atoms with E-state index in [1.165, 1.54) is 0 Å². The van der Waals surface area contributed by atoms with E-state index in [2.05, 4.69) is 4.99 Å². The third kappa shape index (κ3) is 3.70. The summed E-state index contributed by atoms with van der Waals surface area (Å²) in [7, 11) is 0. The van der Waals surface area contributed by atoms with Gasteiger partial charge in [-0.2, -0.15) is 0 Å². The molecule has 2 N–H and O–H groups in total. The molecule has 0 aliphatic carbocycles. The van der Waals surface area contributed by atoms with E-state index in [9.17, 15) is 4.79 Å². The molecule has 5 nitrogen and oxygen atoms in total. The number of rotatable bonds is 5. The van der Waals surface area contributed by atoms with Crippen molar-refractivity contribution in [2.75, 3.05) is 6.61 Å². The van der Waals surface area contributed by atoms with Crippen LogP contribution < -0.4 is 5.48 Å². The molecule has 5 heteroatoms. The van der Waals surface area contributed by atoms with Crippen molar-refractivity contribution in [3.63, 3.8) is 0 Å². The van der Waals surface area contributed by atoms with Gasteiger partial charge in [0.25, 0.3) is 0 Å². The number of hydrogen-bond donors (Lipinski definition) is 2. The number of benzene rings is 1. The lowest BCUT2D eigenvalue weighted by Crippen LogP contribution is -2.05. The summed E-state index contributed by atoms with van der Waals surface area (Å²) in [5, 5.41) is 8.29. The summed E-state index contributed by atoms with van der Waals surface area (Å²) in [6.45, 7) is 2.36. The summed E-state index contributed by atoms with van der Waals surface area (Å²) in [5.74, 6) is -0.335. The number of nitrogens with zero attached hydrogens (tertiary/aromatic N) is 1. The van der Waals surface area contributed by atoms with Crippen LogP contribution in [0.3, 0.4) is 0 Å². The highest BCUT2D eigenvalue weighted by Crippen LogP contribution is 2.12. The zero-order chi connectivity index (χ0) is 11.8. The predicted molar refractivity (Wildman–Crippen MR) is 60.1 cm³/mol. The Morgan fingerprint density at radius 3 is 2.75 bits per heavy atom. The maximum atomic E-state index is 11.4. The van der Waals surface area contributed by atoms with Crippen LogP contribution >= 0.6 is 0 Å². The molecule has 16 heavy (non-hydrogen) atoms. The summed E-state index contributed by atoms with van der Waals surface area (Å²) in [6, 6.07) is 6.58. The van der Waals surface area contributed by atoms with Crippen molar-refractivity contribution in [1.82, 2.24) is 5.48 Å². The minimum atomic E-state index is -0.335. The molecule has 0 bridgehead atoms. The Morgan fingerprint density at radius 1 is 1.50 bits per heavy atom. The number of hydroxylamine groups is 1. The smallest absolute Gasteiger partial charge is 0.338 e. The normalized spacial score (nSPS) is 10.4. The van der Waals surface area contributed by atoms with Gasteiger partial charge in [-0.15, -0.1) is 0 Å². The molecule has 0 spiro atoms. The molecule has 1 aromatic rings. The van der Waals surface area contributed by atoms with Gasteiger partial charge < -0.3 is 4.74 Å². The van der Waals surface area contributed by atoms with Crippen LogP contribution in [0.15, 0.2) is 29.3 Å². The molecule has 0 unspecified atom stereocenters. The molecule has 86 valence electrons. The standard InChI is InChI=1S/C11H14N2O3/c1-2-7-16-11(14)9-3-5-10(6-4-9)12-8-13-15/h3-6,8,15H,2,7H2,1H3,(H,12,13). The van der Waals surface area contributed by atoms with E-state index in [4.69, 9.17) is 9.94 Å². The van der Waals surface area contributed by atoms with Crippen molar-refractivity contribution in [2.24, 2.45) is 4.99 Å². The van der Waals surface area contributed by atoms with Crippen LogP contribution in [0.4, 0.5) is 5.69 Å². The third-order valence-corrected chi connectivity index (χ3v) is 1.81. The van der Waals surface area contributed by atoms with E-state index in [1.54, 1.807) is 29.7 Å². The lowest BCUT2D eigenvalue weighted by atomic mass is 10.2. The van der Waals surface area contributed by atoms with Crippen LogP contribution in [-0.2, 0) is 4.74 Å². The first-order chi connectivity index (χ1) is 7.77. The number of carbonyl (C=O) groups excluding carboxylic acids is 1. The van der Waals surface area contributed by atoms with Gasteiger partial charge in [-0.1, -0.05) is 6.92 Å². The molecule has 0 amide bonds. The van der Waals surface area contributed by atoms with E-state index in [-0.39, 0.29) is 5.97 Å². The fourth-order valence-electron chi connectivity index (χ4n) is 1.07. The molecular formula is C11H14N2O3. The third-order valence-electron chi connectivity index (χ3n) is 1.81. The molecule has 0 fully saturated rings. The van der Waals surface area contributed by atoms with Crippen LogP contribution in [0.2, 0.25) is 0 Å². The molecule has 0 saturated heterocycles. The Hall–Kier alpha value is -1.88. The Bertz CT molecular complexity index is 360. The van der Waals surface area contributed by atoms with Crippen molar-refractivity contribution in [1.29, 1.82) is 0 Å². The van der Waals surface area contributed by atoms with Gasteiger partial charge in [-0.3, -0.25) is 10.7 Å². The maximum Gasteiger partial charge on any atom is 0.338 e. The van der Waals surface area contributed by atoms with Crippen molar-refractivity contribution in [3.8, 4) is 0 Å². The molecule has 1 rings (SSSR count). The minimum absolute atomic E-state index is 0.335. The monoisotopic (exact) mass is 222 g/mol. The predicted octanol–water partition coefficient (Wildman–Crippen LogP) is 1.89. The first kappa shape index (κ1) is 12.2. The van der Waals surface area contributed by atoms with E-state index in [0.717, 1.165) is 12.8 Å². The Kier molecular flexibility index (Phi) is 5.01. The highest BCUT2D eigenvalue weighted by atomic mass is 16.5. The second-order valence-electron chi connectivity index (χ2n) is 3.07. The summed E-state index contributed by atoms with van der Waals surface area (Å²) < 4.78 is 4.97. The van der Waals surface area contributed by atoms with Gasteiger partial charge in [0, 0.05) is 0 Å². The summed E-state index contributed by atoms with van der Waals surface area (Å²) >= 11 is 0. The molecule has 0 aliphatic rings. The van der Waals surface area contributed by atoms with Crippen LogP contribution in [0.1, 0.15) is 23.7 Å². The van der Waals surface area contributed by atoms with Crippen LogP contribution in [0.25, 0.3) is 0 Å². The van der Waals surface area contributed by atoms with Gasteiger partial charge in [-0.05, 0) is 30.7 Å². The van der Waals surface area contributed by atoms with Crippen molar-refractivity contribution < 1.29 is 14.7 Å². The molecule has 0 heterocycles. The average molecular weight is 222 g/mol. The summed E-state index contributed by atoms with van der Waals surface area (Å²) in [6.07, 6.45) is 1.95. The molecule has 0 saturated carbocycles. The number of ether oxygens (including phenoxy) is 1. The summed E-state index contributed by atoms with van der Waals surface area (Å²) in [4.78, 5) is 15.3. The number of hydrogen-bond acceptors (Lipinski definition) is 4. The van der Waals surface area contributed by atoms with E-state index < -0.39 is 0 Å². The van der Waals surface area contributed by atoms with Gasteiger partial charge in [0.1, 0.15) is 6.34 Å². The lowest BCUT2D eigenvalue weighted by Gasteiger charge is -2.02. The molecular weight excluding hydrogens is 208 g/mol. The second kappa shape index (κ2) is 6.58. The van der Waals surface area contributed by atoms with E-state index in [1.807, 2.05) is 6.92 Å².